The van der Waals surface area contributed by atoms with Gasteiger partial charge < -0.3 is 5.32 Å². The molecule has 2 aromatic rings. The minimum Gasteiger partial charge on any atom is -0.351 e. The zero-order chi connectivity index (χ0) is 16.9. The zero-order valence-electron chi connectivity index (χ0n) is 12.5. The molecule has 0 bridgehead atoms. The summed E-state index contributed by atoms with van der Waals surface area (Å²) < 4.78 is 39.4. The largest absolute Gasteiger partial charge is 0.351 e. The number of hydrogen-bond donors (Lipinski definition) is 2. The van der Waals surface area contributed by atoms with E-state index in [1.807, 2.05) is 30.3 Å². The van der Waals surface area contributed by atoms with E-state index in [1.54, 1.807) is 0 Å². The van der Waals surface area contributed by atoms with Gasteiger partial charge in [0.05, 0.1) is 10.9 Å². The molecule has 0 fully saturated rings. The van der Waals surface area contributed by atoms with Gasteiger partial charge in [-0.05, 0) is 36.8 Å². The molecule has 0 aliphatic rings. The van der Waals surface area contributed by atoms with Crippen molar-refractivity contribution in [2.75, 3.05) is 0 Å². The van der Waals surface area contributed by atoms with E-state index in [4.69, 9.17) is 0 Å². The molecule has 7 heteroatoms. The highest BCUT2D eigenvalue weighted by Gasteiger charge is 2.21. The molecule has 5 nitrogen and oxygen atoms in total. The van der Waals surface area contributed by atoms with Crippen LogP contribution in [-0.4, -0.2) is 20.4 Å². The van der Waals surface area contributed by atoms with E-state index in [0.29, 0.717) is 6.54 Å². The van der Waals surface area contributed by atoms with Crippen molar-refractivity contribution >= 4 is 15.9 Å². The van der Waals surface area contributed by atoms with E-state index in [2.05, 4.69) is 10.0 Å². The van der Waals surface area contributed by atoms with Gasteiger partial charge in [0.15, 0.2) is 0 Å². The molecule has 2 aromatic carbocycles. The molecule has 0 saturated heterocycles. The van der Waals surface area contributed by atoms with E-state index >= 15 is 0 Å². The van der Waals surface area contributed by atoms with Crippen molar-refractivity contribution in [3.05, 3.63) is 66.0 Å². The molecule has 0 radical (unpaired) electrons. The summed E-state index contributed by atoms with van der Waals surface area (Å²) in [4.78, 5) is 11.9. The first-order chi connectivity index (χ1) is 10.9. The van der Waals surface area contributed by atoms with Gasteiger partial charge in [-0.1, -0.05) is 30.3 Å². The summed E-state index contributed by atoms with van der Waals surface area (Å²) in [5, 5.41) is 2.66. The standard InChI is InChI=1S/C16H17FN2O3S/c1-12(16(20)18-11-13-5-3-2-4-6-13)19-23(21,22)15-9-7-14(17)8-10-15/h2-10,12,19H,11H2,1H3,(H,18,20). The summed E-state index contributed by atoms with van der Waals surface area (Å²) in [5.74, 6) is -0.975. The van der Waals surface area contributed by atoms with Crippen LogP contribution in [0.1, 0.15) is 12.5 Å². The lowest BCUT2D eigenvalue weighted by atomic mass is 10.2. The average molecular weight is 336 g/mol. The van der Waals surface area contributed by atoms with E-state index in [9.17, 15) is 17.6 Å². The topological polar surface area (TPSA) is 75.3 Å². The molecule has 0 heterocycles. The lowest BCUT2D eigenvalue weighted by Crippen LogP contribution is -2.44. The fourth-order valence-corrected chi connectivity index (χ4v) is 3.11. The van der Waals surface area contributed by atoms with Gasteiger partial charge in [0, 0.05) is 6.54 Å². The summed E-state index contributed by atoms with van der Waals surface area (Å²) >= 11 is 0. The Morgan fingerprint density at radius 2 is 1.70 bits per heavy atom. The van der Waals surface area contributed by atoms with Gasteiger partial charge in [-0.3, -0.25) is 4.79 Å². The highest BCUT2D eigenvalue weighted by atomic mass is 32.2. The first kappa shape index (κ1) is 17.1. The Balaban J connectivity index is 1.96. The molecule has 1 unspecified atom stereocenters. The van der Waals surface area contributed by atoms with Crippen molar-refractivity contribution in [2.24, 2.45) is 0 Å². The van der Waals surface area contributed by atoms with Gasteiger partial charge in [0.25, 0.3) is 0 Å². The normalized spacial score (nSPS) is 12.6. The van der Waals surface area contributed by atoms with E-state index in [0.717, 1.165) is 29.8 Å². The van der Waals surface area contributed by atoms with Gasteiger partial charge in [-0.15, -0.1) is 0 Å². The van der Waals surface area contributed by atoms with Crippen LogP contribution in [0.3, 0.4) is 0 Å². The van der Waals surface area contributed by atoms with Gasteiger partial charge in [-0.25, -0.2) is 12.8 Å². The van der Waals surface area contributed by atoms with Crippen molar-refractivity contribution in [3.8, 4) is 0 Å². The minimum absolute atomic E-state index is 0.0957. The maximum absolute atomic E-state index is 12.8. The Labute approximate surface area is 134 Å². The predicted octanol–water partition coefficient (Wildman–Crippen LogP) is 1.81. The number of carbonyl (C=O) groups is 1. The van der Waals surface area contributed by atoms with E-state index in [1.165, 1.54) is 6.92 Å². The number of amides is 1. The fourth-order valence-electron chi connectivity index (χ4n) is 1.91. The second-order valence-electron chi connectivity index (χ2n) is 5.00. The highest BCUT2D eigenvalue weighted by molar-refractivity contribution is 7.89. The van der Waals surface area contributed by atoms with Gasteiger partial charge in [-0.2, -0.15) is 4.72 Å². The molecule has 2 N–H and O–H groups in total. The van der Waals surface area contributed by atoms with Crippen molar-refractivity contribution in [3.63, 3.8) is 0 Å². The summed E-state index contributed by atoms with van der Waals surface area (Å²) in [5.41, 5.74) is 0.912. The summed E-state index contributed by atoms with van der Waals surface area (Å²) in [6, 6.07) is 12.7. The highest BCUT2D eigenvalue weighted by Crippen LogP contribution is 2.10. The van der Waals surface area contributed by atoms with Crippen LogP contribution in [0.2, 0.25) is 0 Å². The first-order valence-corrected chi connectivity index (χ1v) is 8.46. The third kappa shape index (κ3) is 4.87. The number of rotatable bonds is 6. The van der Waals surface area contributed by atoms with Crippen LogP contribution in [0.15, 0.2) is 59.5 Å². The summed E-state index contributed by atoms with van der Waals surface area (Å²) in [6.07, 6.45) is 0. The van der Waals surface area contributed by atoms with Crippen LogP contribution in [0.25, 0.3) is 0 Å². The maximum atomic E-state index is 12.8. The molecule has 0 aromatic heterocycles. The Morgan fingerprint density at radius 3 is 2.30 bits per heavy atom. The molecule has 0 aliphatic heterocycles. The number of halogens is 1. The van der Waals surface area contributed by atoms with Crippen LogP contribution in [0.4, 0.5) is 4.39 Å². The molecule has 1 atom stereocenters. The SMILES string of the molecule is CC(NS(=O)(=O)c1ccc(F)cc1)C(=O)NCc1ccccc1. The number of carbonyl (C=O) groups excluding carboxylic acids is 1. The molecule has 0 spiro atoms. The number of sulfonamides is 1. The fraction of sp³-hybridized carbons (Fsp3) is 0.188. The Kier molecular flexibility index (Phi) is 5.46. The smallest absolute Gasteiger partial charge is 0.241 e. The maximum Gasteiger partial charge on any atom is 0.241 e. The zero-order valence-corrected chi connectivity index (χ0v) is 13.3. The predicted molar refractivity (Wildman–Crippen MR) is 84.5 cm³/mol. The van der Waals surface area contributed by atoms with Crippen molar-refractivity contribution in [2.45, 2.75) is 24.4 Å². The second-order valence-corrected chi connectivity index (χ2v) is 6.71. The Bertz CT molecular complexity index is 762. The third-order valence-electron chi connectivity index (χ3n) is 3.16. The van der Waals surface area contributed by atoms with Crippen LogP contribution >= 0.6 is 0 Å². The van der Waals surface area contributed by atoms with Gasteiger partial charge in [0.2, 0.25) is 15.9 Å². The quantitative estimate of drug-likeness (QED) is 0.845. The molecular weight excluding hydrogens is 319 g/mol. The molecule has 0 aliphatic carbocycles. The number of nitrogens with one attached hydrogen (secondary N) is 2. The Hall–Kier alpha value is -2.25. The summed E-state index contributed by atoms with van der Waals surface area (Å²) in [6.45, 7) is 1.75. The second kappa shape index (κ2) is 7.34. The van der Waals surface area contributed by atoms with Crippen molar-refractivity contribution in [1.82, 2.24) is 10.0 Å². The number of benzene rings is 2. The minimum atomic E-state index is -3.88. The Morgan fingerprint density at radius 1 is 1.09 bits per heavy atom. The lowest BCUT2D eigenvalue weighted by molar-refractivity contribution is -0.122. The summed E-state index contributed by atoms with van der Waals surface area (Å²) in [7, 11) is -3.88. The van der Waals surface area contributed by atoms with E-state index in [-0.39, 0.29) is 4.90 Å². The molecule has 122 valence electrons. The molecule has 0 saturated carbocycles. The molecule has 1 amide bonds. The average Bonchev–Trinajstić information content (AvgIpc) is 2.53. The van der Waals surface area contributed by atoms with Crippen LogP contribution in [0.5, 0.6) is 0 Å². The first-order valence-electron chi connectivity index (χ1n) is 6.98. The van der Waals surface area contributed by atoms with Crippen molar-refractivity contribution < 1.29 is 17.6 Å². The molecule has 2 rings (SSSR count). The lowest BCUT2D eigenvalue weighted by Gasteiger charge is -2.14. The van der Waals surface area contributed by atoms with Gasteiger partial charge >= 0.3 is 0 Å². The van der Waals surface area contributed by atoms with Crippen LogP contribution < -0.4 is 10.0 Å². The van der Waals surface area contributed by atoms with Crippen LogP contribution in [-0.2, 0) is 21.4 Å². The molecule has 23 heavy (non-hydrogen) atoms. The van der Waals surface area contributed by atoms with Gasteiger partial charge in [0.1, 0.15) is 5.82 Å². The molecular formula is C16H17FN2O3S. The van der Waals surface area contributed by atoms with Crippen molar-refractivity contribution in [1.29, 1.82) is 0 Å². The monoisotopic (exact) mass is 336 g/mol. The number of hydrogen-bond acceptors (Lipinski definition) is 3. The third-order valence-corrected chi connectivity index (χ3v) is 4.72. The van der Waals surface area contributed by atoms with E-state index < -0.39 is 27.8 Å². The van der Waals surface area contributed by atoms with Crippen LogP contribution in [0, 0.1) is 5.82 Å².